The zero-order chi connectivity index (χ0) is 14.0. The van der Waals surface area contributed by atoms with Crippen LogP contribution in [0.3, 0.4) is 0 Å². The predicted octanol–water partition coefficient (Wildman–Crippen LogP) is 2.31. The topological polar surface area (TPSA) is 67.5 Å². The van der Waals surface area contributed by atoms with E-state index in [4.69, 9.17) is 5.11 Å². The second-order valence-corrected chi connectivity index (χ2v) is 4.67. The number of carbonyl (C=O) groups is 1. The number of nitrogens with zero attached hydrogens (tertiary/aromatic N) is 3. The summed E-state index contributed by atoms with van der Waals surface area (Å²) in [5, 5.41) is 12.3. The Hall–Kier alpha value is -1.77. The molecule has 0 radical (unpaired) electrons. The summed E-state index contributed by atoms with van der Waals surface area (Å²) in [5.41, 5.74) is -0.786. The summed E-state index contributed by atoms with van der Waals surface area (Å²) in [6, 6.07) is 0.899. The Morgan fingerprint density at radius 1 is 1.47 bits per heavy atom. The molecule has 0 aromatic carbocycles. The van der Waals surface area contributed by atoms with E-state index in [0.717, 1.165) is 22.3 Å². The lowest BCUT2D eigenvalue weighted by molar-refractivity contribution is -0.141. The van der Waals surface area contributed by atoms with Gasteiger partial charge in [0.2, 0.25) is 0 Å². The van der Waals surface area contributed by atoms with Crippen LogP contribution in [0.5, 0.6) is 0 Å². The highest BCUT2D eigenvalue weighted by atomic mass is 32.2. The highest BCUT2D eigenvalue weighted by Crippen LogP contribution is 2.31. The lowest BCUT2D eigenvalue weighted by Gasteiger charge is -2.00. The number of aliphatic carboxylic acids is 1. The van der Waals surface area contributed by atoms with Gasteiger partial charge in [-0.05, 0) is 6.07 Å². The molecule has 2 heterocycles. The molecule has 2 aromatic rings. The van der Waals surface area contributed by atoms with Crippen molar-refractivity contribution in [1.29, 1.82) is 0 Å². The van der Waals surface area contributed by atoms with Crippen LogP contribution in [-0.2, 0) is 11.0 Å². The van der Waals surface area contributed by atoms with Gasteiger partial charge < -0.3 is 5.11 Å². The first kappa shape index (κ1) is 13.7. The maximum Gasteiger partial charge on any atom is 0.435 e. The first-order valence-electron chi connectivity index (χ1n) is 5.14. The Morgan fingerprint density at radius 3 is 2.84 bits per heavy atom. The quantitative estimate of drug-likeness (QED) is 0.876. The smallest absolute Gasteiger partial charge is 0.435 e. The average molecular weight is 291 g/mol. The standard InChI is InChI=1S/C10H8F3N3O2S/c11-10(12,13)7-5-6-9(19-4-1-8(17)18)14-2-3-16(6)15-7/h2-3,5H,1,4H2,(H,17,18). The zero-order valence-electron chi connectivity index (χ0n) is 9.39. The third-order valence-corrected chi connectivity index (χ3v) is 3.20. The van der Waals surface area contributed by atoms with E-state index < -0.39 is 17.8 Å². The molecule has 19 heavy (non-hydrogen) atoms. The molecule has 0 atom stereocenters. The van der Waals surface area contributed by atoms with Crippen molar-refractivity contribution < 1.29 is 23.1 Å². The van der Waals surface area contributed by atoms with Gasteiger partial charge in [-0.3, -0.25) is 4.79 Å². The minimum Gasteiger partial charge on any atom is -0.481 e. The predicted molar refractivity (Wildman–Crippen MR) is 61.0 cm³/mol. The molecule has 0 aliphatic carbocycles. The number of thioether (sulfide) groups is 1. The minimum atomic E-state index is -4.52. The van der Waals surface area contributed by atoms with E-state index in [-0.39, 0.29) is 17.7 Å². The molecule has 0 bridgehead atoms. The van der Waals surface area contributed by atoms with Gasteiger partial charge in [0, 0.05) is 18.1 Å². The molecule has 0 fully saturated rings. The number of hydrogen-bond acceptors (Lipinski definition) is 4. The number of rotatable bonds is 4. The minimum absolute atomic E-state index is 0.0896. The van der Waals surface area contributed by atoms with Gasteiger partial charge in [0.25, 0.3) is 0 Å². The van der Waals surface area contributed by atoms with Crippen LogP contribution >= 0.6 is 11.8 Å². The third-order valence-electron chi connectivity index (χ3n) is 2.20. The Balaban J connectivity index is 2.29. The number of fused-ring (bicyclic) bond motifs is 1. The van der Waals surface area contributed by atoms with Gasteiger partial charge >= 0.3 is 12.1 Å². The Morgan fingerprint density at radius 2 is 2.21 bits per heavy atom. The van der Waals surface area contributed by atoms with Crippen LogP contribution in [0.4, 0.5) is 13.2 Å². The lowest BCUT2D eigenvalue weighted by Crippen LogP contribution is -2.05. The van der Waals surface area contributed by atoms with Gasteiger partial charge in [-0.15, -0.1) is 11.8 Å². The van der Waals surface area contributed by atoms with E-state index in [1.54, 1.807) is 0 Å². The van der Waals surface area contributed by atoms with E-state index in [1.807, 2.05) is 0 Å². The number of carboxylic acids is 1. The molecule has 0 spiro atoms. The zero-order valence-corrected chi connectivity index (χ0v) is 10.2. The van der Waals surface area contributed by atoms with Crippen LogP contribution in [0.1, 0.15) is 12.1 Å². The van der Waals surface area contributed by atoms with Gasteiger partial charge in [-0.2, -0.15) is 18.3 Å². The molecule has 0 unspecified atom stereocenters. The first-order valence-corrected chi connectivity index (χ1v) is 6.12. The number of alkyl halides is 3. The molecule has 0 aliphatic heterocycles. The van der Waals surface area contributed by atoms with Crippen molar-refractivity contribution in [2.75, 3.05) is 5.75 Å². The highest BCUT2D eigenvalue weighted by molar-refractivity contribution is 7.99. The summed E-state index contributed by atoms with van der Waals surface area (Å²) in [5.74, 6) is -0.738. The van der Waals surface area contributed by atoms with Crippen molar-refractivity contribution in [3.63, 3.8) is 0 Å². The molecule has 0 saturated heterocycles. The van der Waals surface area contributed by atoms with E-state index in [2.05, 4.69) is 10.1 Å². The van der Waals surface area contributed by atoms with Crippen molar-refractivity contribution in [3.8, 4) is 0 Å². The maximum atomic E-state index is 12.5. The fourth-order valence-electron chi connectivity index (χ4n) is 1.38. The molecule has 9 heteroatoms. The molecule has 102 valence electrons. The molecule has 2 rings (SSSR count). The van der Waals surface area contributed by atoms with Crippen molar-refractivity contribution in [2.24, 2.45) is 0 Å². The average Bonchev–Trinajstić information content (AvgIpc) is 2.72. The molecule has 0 aliphatic rings. The summed E-state index contributed by atoms with van der Waals surface area (Å²) >= 11 is 1.08. The summed E-state index contributed by atoms with van der Waals surface area (Å²) in [7, 11) is 0. The number of carboxylic acid groups (broad SMARTS) is 1. The Bertz CT molecular complexity index is 612. The van der Waals surface area contributed by atoms with Crippen LogP contribution in [0, 0.1) is 0 Å². The third kappa shape index (κ3) is 3.16. The summed E-state index contributed by atoms with van der Waals surface area (Å²) in [4.78, 5) is 14.3. The summed E-state index contributed by atoms with van der Waals surface area (Å²) < 4.78 is 38.7. The Labute approximate surface area is 109 Å². The molecular weight excluding hydrogens is 283 g/mol. The molecule has 0 amide bonds. The molecule has 1 N–H and O–H groups in total. The van der Waals surface area contributed by atoms with Gasteiger partial charge in [0.05, 0.1) is 11.9 Å². The Kier molecular flexibility index (Phi) is 3.65. The fraction of sp³-hybridized carbons (Fsp3) is 0.300. The van der Waals surface area contributed by atoms with Gasteiger partial charge in [0.1, 0.15) is 5.03 Å². The van der Waals surface area contributed by atoms with Crippen LogP contribution in [0.15, 0.2) is 23.5 Å². The molecule has 0 saturated carbocycles. The summed E-state index contributed by atoms with van der Waals surface area (Å²) in [6.07, 6.45) is -1.97. The van der Waals surface area contributed by atoms with Gasteiger partial charge in [-0.1, -0.05) is 0 Å². The second-order valence-electron chi connectivity index (χ2n) is 3.58. The van der Waals surface area contributed by atoms with E-state index in [9.17, 15) is 18.0 Å². The lowest BCUT2D eigenvalue weighted by atomic mass is 10.4. The number of hydrogen-bond donors (Lipinski definition) is 1. The van der Waals surface area contributed by atoms with Crippen molar-refractivity contribution in [1.82, 2.24) is 14.6 Å². The van der Waals surface area contributed by atoms with Crippen LogP contribution in [0.25, 0.3) is 5.52 Å². The highest BCUT2D eigenvalue weighted by Gasteiger charge is 2.34. The van der Waals surface area contributed by atoms with E-state index in [0.29, 0.717) is 5.03 Å². The second kappa shape index (κ2) is 5.08. The van der Waals surface area contributed by atoms with Gasteiger partial charge in [-0.25, -0.2) is 9.50 Å². The monoisotopic (exact) mass is 291 g/mol. The van der Waals surface area contributed by atoms with E-state index >= 15 is 0 Å². The largest absolute Gasteiger partial charge is 0.481 e. The summed E-state index contributed by atoms with van der Waals surface area (Å²) in [6.45, 7) is 0. The van der Waals surface area contributed by atoms with E-state index in [1.165, 1.54) is 12.4 Å². The number of aromatic nitrogens is 3. The van der Waals surface area contributed by atoms with Crippen molar-refractivity contribution >= 4 is 23.2 Å². The first-order chi connectivity index (χ1) is 8.88. The normalized spacial score (nSPS) is 11.9. The van der Waals surface area contributed by atoms with Crippen molar-refractivity contribution in [3.05, 3.63) is 24.2 Å². The van der Waals surface area contributed by atoms with Crippen LogP contribution in [-0.4, -0.2) is 31.4 Å². The van der Waals surface area contributed by atoms with Crippen molar-refractivity contribution in [2.45, 2.75) is 17.6 Å². The van der Waals surface area contributed by atoms with Crippen LogP contribution in [0.2, 0.25) is 0 Å². The van der Waals surface area contributed by atoms with Crippen LogP contribution < -0.4 is 0 Å². The molecule has 2 aromatic heterocycles. The molecular formula is C10H8F3N3O2S. The van der Waals surface area contributed by atoms with Gasteiger partial charge in [0.15, 0.2) is 5.69 Å². The SMILES string of the molecule is O=C(O)CCSc1nccn2nc(C(F)(F)F)cc12. The number of halogens is 3. The molecule has 5 nitrogen and oxygen atoms in total. The fourth-order valence-corrected chi connectivity index (χ4v) is 2.29. The maximum absolute atomic E-state index is 12.5.